The van der Waals surface area contributed by atoms with Crippen molar-refractivity contribution < 1.29 is 19.0 Å². The van der Waals surface area contributed by atoms with Crippen molar-refractivity contribution >= 4 is 17.6 Å². The quantitative estimate of drug-likeness (QED) is 0.542. The van der Waals surface area contributed by atoms with Crippen LogP contribution in [0, 0.1) is 6.57 Å². The van der Waals surface area contributed by atoms with Crippen LogP contribution >= 0.6 is 11.6 Å². The largest absolute Gasteiger partial charge is 0.466 e. The van der Waals surface area contributed by atoms with E-state index in [1.165, 1.54) is 0 Å². The minimum Gasteiger partial charge on any atom is -0.466 e. The monoisotopic (exact) mass is 365 g/mol. The Morgan fingerprint density at radius 1 is 1.40 bits per heavy atom. The summed E-state index contributed by atoms with van der Waals surface area (Å²) < 4.78 is 16.0. The number of halogens is 1. The second-order valence-corrected chi connectivity index (χ2v) is 6.69. The number of hydrogen-bond acceptors (Lipinski definition) is 4. The molecular formula is C19H24ClNO4. The van der Waals surface area contributed by atoms with Crippen LogP contribution in [-0.2, 0) is 24.4 Å². The van der Waals surface area contributed by atoms with Crippen LogP contribution in [0.2, 0.25) is 5.02 Å². The first-order valence-electron chi connectivity index (χ1n) is 8.44. The van der Waals surface area contributed by atoms with Crippen molar-refractivity contribution in [3.63, 3.8) is 0 Å². The average Bonchev–Trinajstić information content (AvgIpc) is 2.60. The van der Waals surface area contributed by atoms with E-state index in [1.54, 1.807) is 20.1 Å². The summed E-state index contributed by atoms with van der Waals surface area (Å²) in [5, 5.41) is 0.562. The van der Waals surface area contributed by atoms with Crippen molar-refractivity contribution in [2.45, 2.75) is 37.6 Å². The third-order valence-electron chi connectivity index (χ3n) is 4.61. The maximum absolute atomic E-state index is 11.8. The summed E-state index contributed by atoms with van der Waals surface area (Å²) in [5.41, 5.74) is 1.61. The van der Waals surface area contributed by atoms with Gasteiger partial charge >= 0.3 is 5.97 Å². The van der Waals surface area contributed by atoms with Crippen molar-refractivity contribution in [1.29, 1.82) is 0 Å². The predicted octanol–water partition coefficient (Wildman–Crippen LogP) is 3.95. The van der Waals surface area contributed by atoms with E-state index in [2.05, 4.69) is 4.85 Å². The Balaban J connectivity index is 2.35. The van der Waals surface area contributed by atoms with Crippen molar-refractivity contribution in [1.82, 2.24) is 0 Å². The number of methoxy groups -OCH3 is 1. The van der Waals surface area contributed by atoms with E-state index in [9.17, 15) is 4.79 Å². The molecule has 1 atom stereocenters. The highest BCUT2D eigenvalue weighted by Gasteiger charge is 2.36. The molecule has 1 aromatic rings. The maximum Gasteiger partial charge on any atom is 0.314 e. The van der Waals surface area contributed by atoms with Crippen molar-refractivity contribution in [2.24, 2.45) is 0 Å². The summed E-state index contributed by atoms with van der Waals surface area (Å²) in [5.74, 6) is -0.373. The number of carbonyl (C=O) groups is 1. The molecule has 6 heteroatoms. The van der Waals surface area contributed by atoms with Crippen LogP contribution in [0.5, 0.6) is 0 Å². The van der Waals surface area contributed by atoms with Crippen molar-refractivity contribution in [3.05, 3.63) is 45.8 Å². The molecule has 0 unspecified atom stereocenters. The fraction of sp³-hybridized carbons (Fsp3) is 0.579. The molecule has 1 aromatic carbocycles. The topological polar surface area (TPSA) is 49.1 Å². The summed E-state index contributed by atoms with van der Waals surface area (Å²) in [6, 6.07) is 5.07. The van der Waals surface area contributed by atoms with E-state index >= 15 is 0 Å². The molecular weight excluding hydrogens is 342 g/mol. The first-order chi connectivity index (χ1) is 12.0. The maximum atomic E-state index is 11.8. The van der Waals surface area contributed by atoms with Crippen LogP contribution in [0.3, 0.4) is 0 Å². The van der Waals surface area contributed by atoms with Gasteiger partial charge in [-0.3, -0.25) is 4.79 Å². The molecule has 1 aliphatic rings. The molecule has 0 aliphatic carbocycles. The van der Waals surface area contributed by atoms with Crippen LogP contribution in [0.1, 0.15) is 43.4 Å². The SMILES string of the molecule is [C-]#[N+][C@@H](CC(=O)OCC)c1cc(Cl)cc(C2(COC)CCOCC2)c1. The zero-order valence-corrected chi connectivity index (χ0v) is 15.5. The molecule has 136 valence electrons. The van der Waals surface area contributed by atoms with Gasteiger partial charge in [-0.15, -0.1) is 0 Å². The zero-order chi connectivity index (χ0) is 18.3. The van der Waals surface area contributed by atoms with E-state index in [-0.39, 0.29) is 17.8 Å². The Morgan fingerprint density at radius 2 is 2.12 bits per heavy atom. The van der Waals surface area contributed by atoms with Gasteiger partial charge in [0.15, 0.2) is 0 Å². The molecule has 0 N–H and O–H groups in total. The van der Waals surface area contributed by atoms with Crippen LogP contribution in [0.4, 0.5) is 0 Å². The minimum atomic E-state index is -0.601. The molecule has 1 aliphatic heterocycles. The minimum absolute atomic E-state index is 0.0253. The number of rotatable bonds is 7. The smallest absolute Gasteiger partial charge is 0.314 e. The lowest BCUT2D eigenvalue weighted by molar-refractivity contribution is -0.143. The Labute approximate surface area is 154 Å². The molecule has 0 aromatic heterocycles. The van der Waals surface area contributed by atoms with Gasteiger partial charge in [-0.1, -0.05) is 11.6 Å². The standard InChI is InChI=1S/C19H24ClNO4/c1-4-25-18(22)12-17(21-2)14-9-15(11-16(20)10-14)19(13-23-3)5-7-24-8-6-19/h9-11,17H,4-8,12-13H2,1,3H3/t17-/m0/s1. The normalized spacial score (nSPS) is 17.5. The molecule has 0 saturated carbocycles. The number of carbonyl (C=O) groups excluding carboxylic acids is 1. The van der Waals surface area contributed by atoms with Crippen molar-refractivity contribution in [2.75, 3.05) is 33.5 Å². The van der Waals surface area contributed by atoms with Crippen LogP contribution in [0.25, 0.3) is 4.85 Å². The van der Waals surface area contributed by atoms with Gasteiger partial charge in [-0.2, -0.15) is 0 Å². The average molecular weight is 366 g/mol. The third-order valence-corrected chi connectivity index (χ3v) is 4.83. The summed E-state index contributed by atoms with van der Waals surface area (Å²) in [4.78, 5) is 15.4. The third kappa shape index (κ3) is 4.94. The predicted molar refractivity (Wildman–Crippen MR) is 95.7 cm³/mol. The highest BCUT2D eigenvalue weighted by molar-refractivity contribution is 6.30. The van der Waals surface area contributed by atoms with Crippen molar-refractivity contribution in [3.8, 4) is 0 Å². The van der Waals surface area contributed by atoms with Crippen LogP contribution in [0.15, 0.2) is 18.2 Å². The molecule has 0 bridgehead atoms. The van der Waals surface area contributed by atoms with Gasteiger partial charge in [0.1, 0.15) is 6.42 Å². The molecule has 2 rings (SSSR count). The molecule has 1 heterocycles. The Kier molecular flexibility index (Phi) is 7.24. The van der Waals surface area contributed by atoms with E-state index in [1.807, 2.05) is 12.1 Å². The lowest BCUT2D eigenvalue weighted by atomic mass is 9.74. The Hall–Kier alpha value is -1.61. The first-order valence-corrected chi connectivity index (χ1v) is 8.82. The van der Waals surface area contributed by atoms with Crippen LogP contribution in [-0.4, -0.2) is 39.5 Å². The summed E-state index contributed by atoms with van der Waals surface area (Å²) in [6.07, 6.45) is 1.69. The highest BCUT2D eigenvalue weighted by Crippen LogP contribution is 2.38. The fourth-order valence-corrected chi connectivity index (χ4v) is 3.53. The molecule has 1 fully saturated rings. The summed E-state index contributed by atoms with van der Waals surface area (Å²) >= 11 is 6.34. The second-order valence-electron chi connectivity index (χ2n) is 6.25. The van der Waals surface area contributed by atoms with E-state index in [4.69, 9.17) is 32.4 Å². The van der Waals surface area contributed by atoms with Gasteiger partial charge in [-0.05, 0) is 43.5 Å². The van der Waals surface area contributed by atoms with Gasteiger partial charge in [0.25, 0.3) is 6.04 Å². The Bertz CT molecular complexity index is 629. The first kappa shape index (κ1) is 19.7. The van der Waals surface area contributed by atoms with Gasteiger partial charge in [0, 0.05) is 36.3 Å². The highest BCUT2D eigenvalue weighted by atomic mass is 35.5. The zero-order valence-electron chi connectivity index (χ0n) is 14.7. The number of nitrogens with zero attached hydrogens (tertiary/aromatic N) is 1. The summed E-state index contributed by atoms with van der Waals surface area (Å²) in [7, 11) is 1.69. The number of benzene rings is 1. The Morgan fingerprint density at radius 3 is 2.72 bits per heavy atom. The van der Waals surface area contributed by atoms with Gasteiger partial charge in [0.2, 0.25) is 0 Å². The lowest BCUT2D eigenvalue weighted by Gasteiger charge is -2.37. The van der Waals surface area contributed by atoms with Gasteiger partial charge in [0.05, 0.1) is 13.2 Å². The molecule has 0 amide bonds. The van der Waals surface area contributed by atoms with E-state index < -0.39 is 6.04 Å². The number of esters is 1. The van der Waals surface area contributed by atoms with E-state index in [0.29, 0.717) is 31.5 Å². The lowest BCUT2D eigenvalue weighted by Crippen LogP contribution is -2.38. The molecule has 1 saturated heterocycles. The molecule has 0 spiro atoms. The van der Waals surface area contributed by atoms with E-state index in [0.717, 1.165) is 24.0 Å². The summed E-state index contributed by atoms with van der Waals surface area (Å²) in [6.45, 7) is 11.4. The molecule has 0 radical (unpaired) electrons. The fourth-order valence-electron chi connectivity index (χ4n) is 3.28. The number of ether oxygens (including phenoxy) is 3. The van der Waals surface area contributed by atoms with Crippen LogP contribution < -0.4 is 0 Å². The second kappa shape index (κ2) is 9.19. The number of hydrogen-bond donors (Lipinski definition) is 0. The van der Waals surface area contributed by atoms with Gasteiger partial charge in [-0.25, -0.2) is 6.57 Å². The molecule has 5 nitrogen and oxygen atoms in total. The molecule has 25 heavy (non-hydrogen) atoms. The van der Waals surface area contributed by atoms with Gasteiger partial charge < -0.3 is 19.1 Å².